The second-order valence-electron chi connectivity index (χ2n) is 5.77. The first-order valence-electron chi connectivity index (χ1n) is 8.34. The van der Waals surface area contributed by atoms with Gasteiger partial charge in [0.05, 0.1) is 16.8 Å². The number of carboxylic acids is 1. The molecule has 0 saturated carbocycles. The van der Waals surface area contributed by atoms with Gasteiger partial charge >= 0.3 is 12.1 Å². The van der Waals surface area contributed by atoms with Crippen LogP contribution in [0, 0.1) is 6.92 Å². The van der Waals surface area contributed by atoms with Crippen molar-refractivity contribution in [2.45, 2.75) is 26.9 Å². The maximum atomic E-state index is 13.4. The number of aromatic nitrogens is 1. The fourth-order valence-electron chi connectivity index (χ4n) is 3.15. The molecule has 0 aliphatic rings. The van der Waals surface area contributed by atoms with Crippen LogP contribution in [0.3, 0.4) is 0 Å². The van der Waals surface area contributed by atoms with Gasteiger partial charge < -0.3 is 14.8 Å². The minimum absolute atomic E-state index is 0.00237. The molecule has 0 aliphatic carbocycles. The minimum atomic E-state index is -4.52. The van der Waals surface area contributed by atoms with Crippen LogP contribution in [0.5, 0.6) is 5.75 Å². The number of hydrogen-bond acceptors (Lipinski definition) is 2. The largest absolute Gasteiger partial charge is 0.507 e. The van der Waals surface area contributed by atoms with Crippen LogP contribution in [0.25, 0.3) is 22.2 Å². The summed E-state index contributed by atoms with van der Waals surface area (Å²) in [4.78, 5) is 11.2. The molecule has 0 saturated heterocycles. The van der Waals surface area contributed by atoms with Crippen molar-refractivity contribution < 1.29 is 28.2 Å². The normalized spacial score (nSPS) is 11.2. The second-order valence-corrected chi connectivity index (χ2v) is 5.77. The van der Waals surface area contributed by atoms with E-state index in [0.717, 1.165) is 6.07 Å². The van der Waals surface area contributed by atoms with E-state index in [0.29, 0.717) is 22.2 Å². The molecule has 4 nitrogen and oxygen atoms in total. The summed E-state index contributed by atoms with van der Waals surface area (Å²) in [5.41, 5.74) is 0.222. The molecule has 0 atom stereocenters. The number of aromatic carboxylic acids is 1. The lowest BCUT2D eigenvalue weighted by Crippen LogP contribution is -2.08. The van der Waals surface area contributed by atoms with Crippen molar-refractivity contribution in [3.05, 3.63) is 53.1 Å². The minimum Gasteiger partial charge on any atom is -0.507 e. The molecule has 144 valence electrons. The van der Waals surface area contributed by atoms with E-state index in [1.54, 1.807) is 14.0 Å². The van der Waals surface area contributed by atoms with Crippen LogP contribution in [0.4, 0.5) is 13.2 Å². The third-order valence-corrected chi connectivity index (χ3v) is 4.29. The van der Waals surface area contributed by atoms with Gasteiger partial charge in [0, 0.05) is 24.1 Å². The highest BCUT2D eigenvalue weighted by atomic mass is 19.4. The van der Waals surface area contributed by atoms with E-state index in [1.807, 2.05) is 13.8 Å². The van der Waals surface area contributed by atoms with Gasteiger partial charge in [-0.3, -0.25) is 0 Å². The zero-order valence-electron chi connectivity index (χ0n) is 15.3. The molecular formula is C20H20F3NO3. The summed E-state index contributed by atoms with van der Waals surface area (Å²) in [5.74, 6) is -1.74. The molecule has 1 heterocycles. The van der Waals surface area contributed by atoms with Gasteiger partial charge in [0.15, 0.2) is 0 Å². The fourth-order valence-corrected chi connectivity index (χ4v) is 3.15. The predicted molar refractivity (Wildman–Crippen MR) is 98.1 cm³/mol. The summed E-state index contributed by atoms with van der Waals surface area (Å²) < 4.78 is 41.6. The Kier molecular flexibility index (Phi) is 5.54. The molecule has 0 amide bonds. The lowest BCUT2D eigenvalue weighted by molar-refractivity contribution is -0.137. The lowest BCUT2D eigenvalue weighted by atomic mass is 10.00. The van der Waals surface area contributed by atoms with Crippen molar-refractivity contribution in [1.82, 2.24) is 4.57 Å². The Morgan fingerprint density at radius 1 is 1.11 bits per heavy atom. The Morgan fingerprint density at radius 3 is 2.26 bits per heavy atom. The van der Waals surface area contributed by atoms with Gasteiger partial charge in [-0.05, 0) is 24.6 Å². The average Bonchev–Trinajstić information content (AvgIpc) is 2.85. The van der Waals surface area contributed by atoms with Crippen LogP contribution in [0.15, 0.2) is 36.4 Å². The van der Waals surface area contributed by atoms with Crippen LogP contribution >= 0.6 is 0 Å². The number of benzene rings is 2. The maximum absolute atomic E-state index is 13.4. The Bertz CT molecular complexity index is 1000. The number of fused-ring (bicyclic) bond motifs is 1. The van der Waals surface area contributed by atoms with Crippen LogP contribution in [-0.4, -0.2) is 20.7 Å². The standard InChI is InChI=1S/C18H14F3NO3.C2H6/c1-9-11-7-12(17(24)25)15(23)8-14(11)22(2)16(9)10-5-3-4-6-13(10)18(19,20)21;1-2/h3-8,23H,1-2H3,(H,24,25);1-2H3. The highest BCUT2D eigenvalue weighted by Gasteiger charge is 2.34. The summed E-state index contributed by atoms with van der Waals surface area (Å²) in [6.07, 6.45) is -4.52. The van der Waals surface area contributed by atoms with Crippen molar-refractivity contribution >= 4 is 16.9 Å². The number of rotatable bonds is 2. The van der Waals surface area contributed by atoms with Crippen molar-refractivity contribution in [3.63, 3.8) is 0 Å². The van der Waals surface area contributed by atoms with Crippen LogP contribution in [0.1, 0.15) is 35.3 Å². The van der Waals surface area contributed by atoms with Gasteiger partial charge in [0.2, 0.25) is 0 Å². The average molecular weight is 379 g/mol. The summed E-state index contributed by atoms with van der Waals surface area (Å²) >= 11 is 0. The molecule has 1 aromatic heterocycles. The van der Waals surface area contributed by atoms with Gasteiger partial charge in [0.25, 0.3) is 0 Å². The molecule has 27 heavy (non-hydrogen) atoms. The second kappa shape index (κ2) is 7.34. The lowest BCUT2D eigenvalue weighted by Gasteiger charge is -2.14. The van der Waals surface area contributed by atoms with Crippen LogP contribution in [0.2, 0.25) is 0 Å². The number of hydrogen-bond donors (Lipinski definition) is 2. The van der Waals surface area contributed by atoms with Crippen molar-refractivity contribution in [3.8, 4) is 17.0 Å². The molecule has 0 radical (unpaired) electrons. The number of nitrogens with zero attached hydrogens (tertiary/aromatic N) is 1. The topological polar surface area (TPSA) is 62.5 Å². The number of carbonyl (C=O) groups is 1. The molecule has 0 unspecified atom stereocenters. The molecule has 0 fully saturated rings. The number of alkyl halides is 3. The summed E-state index contributed by atoms with van der Waals surface area (Å²) in [5, 5.41) is 19.5. The predicted octanol–water partition coefficient (Wildman–Crippen LogP) is 5.60. The summed E-state index contributed by atoms with van der Waals surface area (Å²) in [6.45, 7) is 5.63. The Morgan fingerprint density at radius 2 is 1.70 bits per heavy atom. The van der Waals surface area contributed by atoms with Gasteiger partial charge in [0.1, 0.15) is 11.3 Å². The number of aryl methyl sites for hydroxylation is 2. The molecule has 0 bridgehead atoms. The highest BCUT2D eigenvalue weighted by Crippen LogP contribution is 2.41. The number of aromatic hydroxyl groups is 1. The number of carboxylic acid groups (broad SMARTS) is 1. The smallest absolute Gasteiger partial charge is 0.417 e. The molecule has 0 spiro atoms. The number of halogens is 3. The van der Waals surface area contributed by atoms with Crippen LogP contribution in [-0.2, 0) is 13.2 Å². The quantitative estimate of drug-likeness (QED) is 0.609. The SMILES string of the molecule is CC.Cc1c(-c2ccccc2C(F)(F)F)n(C)c2cc(O)c(C(=O)O)cc12. The molecule has 0 aliphatic heterocycles. The van der Waals surface area contributed by atoms with Gasteiger partial charge in [-0.25, -0.2) is 4.79 Å². The first-order chi connectivity index (χ1) is 12.6. The highest BCUT2D eigenvalue weighted by molar-refractivity contribution is 6.00. The first-order valence-corrected chi connectivity index (χ1v) is 8.34. The van der Waals surface area contributed by atoms with E-state index >= 15 is 0 Å². The number of phenols is 1. The Balaban J connectivity index is 0.00000126. The molecule has 3 aromatic rings. The van der Waals surface area contributed by atoms with Crippen molar-refractivity contribution in [1.29, 1.82) is 0 Å². The summed E-state index contributed by atoms with van der Waals surface area (Å²) in [6, 6.07) is 7.75. The molecule has 2 aromatic carbocycles. The molecule has 7 heteroatoms. The monoisotopic (exact) mass is 379 g/mol. The maximum Gasteiger partial charge on any atom is 0.417 e. The molecule has 3 rings (SSSR count). The zero-order chi connectivity index (χ0) is 20.5. The van der Waals surface area contributed by atoms with Crippen LogP contribution < -0.4 is 0 Å². The first kappa shape index (κ1) is 20.4. The van der Waals surface area contributed by atoms with E-state index < -0.39 is 23.5 Å². The third-order valence-electron chi connectivity index (χ3n) is 4.29. The third kappa shape index (κ3) is 3.49. The Hall–Kier alpha value is -2.96. The van der Waals surface area contributed by atoms with E-state index in [9.17, 15) is 23.1 Å². The molecule has 2 N–H and O–H groups in total. The zero-order valence-corrected chi connectivity index (χ0v) is 15.3. The fraction of sp³-hybridized carbons (Fsp3) is 0.250. The van der Waals surface area contributed by atoms with Crippen molar-refractivity contribution in [2.75, 3.05) is 0 Å². The van der Waals surface area contributed by atoms with Gasteiger partial charge in [-0.2, -0.15) is 13.2 Å². The van der Waals surface area contributed by atoms with Gasteiger partial charge in [-0.1, -0.05) is 32.0 Å². The van der Waals surface area contributed by atoms with E-state index in [2.05, 4.69) is 0 Å². The summed E-state index contributed by atoms with van der Waals surface area (Å²) in [7, 11) is 1.58. The Labute approximate surface area is 154 Å². The van der Waals surface area contributed by atoms with E-state index in [1.165, 1.54) is 34.9 Å². The van der Waals surface area contributed by atoms with E-state index in [4.69, 9.17) is 5.11 Å². The van der Waals surface area contributed by atoms with Gasteiger partial charge in [-0.15, -0.1) is 0 Å². The van der Waals surface area contributed by atoms with Crippen molar-refractivity contribution in [2.24, 2.45) is 7.05 Å². The molecular weight excluding hydrogens is 359 g/mol. The van der Waals surface area contributed by atoms with E-state index in [-0.39, 0.29) is 11.1 Å².